The molecule has 0 saturated heterocycles. The van der Waals surface area contributed by atoms with Gasteiger partial charge in [0, 0.05) is 60.1 Å². The minimum atomic E-state index is -2.44. The molecular formula is C45H56N3O9P. The first kappa shape index (κ1) is 44.0. The van der Waals surface area contributed by atoms with E-state index in [0.717, 1.165) is 33.2 Å². The van der Waals surface area contributed by atoms with Gasteiger partial charge >= 0.3 is 6.03 Å². The number of carbonyl (C=O) groups is 1. The molecule has 0 spiro atoms. The number of rotatable bonds is 20. The van der Waals surface area contributed by atoms with Crippen LogP contribution in [0.1, 0.15) is 43.2 Å². The predicted octanol–water partition coefficient (Wildman–Crippen LogP) is 9.76. The third-order valence-corrected chi connectivity index (χ3v) is 10.1. The van der Waals surface area contributed by atoms with E-state index in [2.05, 4.69) is 36.4 Å². The van der Waals surface area contributed by atoms with Gasteiger partial charge in [-0.15, -0.1) is 0 Å². The number of ether oxygens (including phenoxy) is 7. The van der Waals surface area contributed by atoms with E-state index in [1.165, 1.54) is 0 Å². The number of methoxy groups -OCH3 is 3. The number of anilines is 2. The maximum absolute atomic E-state index is 13.6. The molecule has 0 atom stereocenters. The van der Waals surface area contributed by atoms with E-state index in [-0.39, 0.29) is 5.41 Å². The fourth-order valence-electron chi connectivity index (χ4n) is 6.30. The van der Waals surface area contributed by atoms with Crippen LogP contribution in [0.4, 0.5) is 16.2 Å². The van der Waals surface area contributed by atoms with E-state index in [0.29, 0.717) is 92.3 Å². The minimum absolute atomic E-state index is 0.217. The van der Waals surface area contributed by atoms with Crippen LogP contribution >= 0.6 is 7.14 Å². The zero-order valence-corrected chi connectivity index (χ0v) is 35.7. The summed E-state index contributed by atoms with van der Waals surface area (Å²) < 4.78 is 52.6. The highest BCUT2D eigenvalue weighted by atomic mass is 31.2. The predicted molar refractivity (Wildman–Crippen MR) is 231 cm³/mol. The van der Waals surface area contributed by atoms with Crippen LogP contribution in [0.25, 0.3) is 10.8 Å². The second-order valence-corrected chi connectivity index (χ2v) is 18.7. The van der Waals surface area contributed by atoms with Crippen molar-refractivity contribution in [1.82, 2.24) is 4.98 Å². The monoisotopic (exact) mass is 813 g/mol. The Kier molecular flexibility index (Phi) is 15.6. The third-order valence-electron chi connectivity index (χ3n) is 9.04. The highest BCUT2D eigenvalue weighted by molar-refractivity contribution is 7.61. The maximum Gasteiger partial charge on any atom is 0.323 e. The molecule has 0 radical (unpaired) electrons. The van der Waals surface area contributed by atoms with Crippen molar-refractivity contribution < 1.29 is 42.5 Å². The first-order valence-corrected chi connectivity index (χ1v) is 22.0. The summed E-state index contributed by atoms with van der Waals surface area (Å²) >= 11 is 0. The van der Waals surface area contributed by atoms with E-state index in [9.17, 15) is 9.36 Å². The van der Waals surface area contributed by atoms with Gasteiger partial charge in [-0.2, -0.15) is 0 Å². The summed E-state index contributed by atoms with van der Waals surface area (Å²) in [6.45, 7) is 12.7. The number of nitrogens with zero attached hydrogens (tertiary/aromatic N) is 1. The zero-order chi connectivity index (χ0) is 41.7. The van der Waals surface area contributed by atoms with Crippen molar-refractivity contribution in [2.75, 3.05) is 84.9 Å². The Hall–Kier alpha value is -5.13. The lowest BCUT2D eigenvalue weighted by Crippen LogP contribution is -2.21. The molecule has 1 heterocycles. The van der Waals surface area contributed by atoms with Gasteiger partial charge in [-0.3, -0.25) is 4.98 Å². The molecule has 1 aromatic heterocycles. The normalized spacial score (nSPS) is 11.7. The molecule has 0 aliphatic carbocycles. The summed E-state index contributed by atoms with van der Waals surface area (Å²) in [6, 6.07) is 24.3. The van der Waals surface area contributed by atoms with E-state index < -0.39 is 13.2 Å². The highest BCUT2D eigenvalue weighted by Crippen LogP contribution is 2.46. The lowest BCUT2D eigenvalue weighted by Gasteiger charge is -2.24. The van der Waals surface area contributed by atoms with E-state index in [4.69, 9.17) is 33.2 Å². The van der Waals surface area contributed by atoms with Gasteiger partial charge in [0.2, 0.25) is 0 Å². The number of hydrogen-bond donors (Lipinski definition) is 2. The molecule has 12 nitrogen and oxygen atoms in total. The highest BCUT2D eigenvalue weighted by Gasteiger charge is 2.23. The average Bonchev–Trinajstić information content (AvgIpc) is 3.17. The number of fused-ring (bicyclic) bond motifs is 1. The first-order valence-electron chi connectivity index (χ1n) is 19.2. The molecule has 0 aliphatic rings. The number of hydrogen-bond acceptors (Lipinski definition) is 10. The van der Waals surface area contributed by atoms with Crippen LogP contribution in [0.2, 0.25) is 0 Å². The topological polar surface area (TPSA) is 136 Å². The SMILES string of the molecule is COCCOCCOCCOc1cc(Cc2cc(Oc3ccc(NC(=O)Nc4cc(C(C)(C)C)cc(CP(C)(C)=O)c4OC)c4ccccc34)ccn2)cc(OC)c1. The molecule has 2 amide bonds. The molecule has 2 N–H and O–H groups in total. The van der Waals surface area contributed by atoms with E-state index in [1.807, 2.05) is 78.9 Å². The summed E-state index contributed by atoms with van der Waals surface area (Å²) in [7, 11) is 2.38. The largest absolute Gasteiger partial charge is 0.497 e. The molecule has 0 unspecified atom stereocenters. The van der Waals surface area contributed by atoms with E-state index in [1.54, 1.807) is 40.9 Å². The standard InChI is InChI=1S/C45H56N3O9P/c1-45(2,3)33-26-32(30-58(7,8)50)43(53-6)41(27-33)48-44(49)47-40-13-14-42(39-12-10-9-11-38(39)40)57-35-15-16-46-34(28-35)23-31-24-36(52-5)29-37(25-31)56-22-21-55-20-19-54-18-17-51-4/h9-16,24-29H,17-23,30H2,1-8H3,(H2,47,48,49). The molecule has 4 aromatic carbocycles. The Morgan fingerprint density at radius 1 is 0.724 bits per heavy atom. The summed E-state index contributed by atoms with van der Waals surface area (Å²) in [5.74, 6) is 3.07. The van der Waals surface area contributed by atoms with Gasteiger partial charge in [-0.1, -0.05) is 51.1 Å². The quantitative estimate of drug-likeness (QED) is 0.0578. The van der Waals surface area contributed by atoms with Crippen LogP contribution in [-0.2, 0) is 36.8 Å². The van der Waals surface area contributed by atoms with Crippen molar-refractivity contribution >= 4 is 35.3 Å². The van der Waals surface area contributed by atoms with Gasteiger partial charge in [0.1, 0.15) is 35.4 Å². The number of nitrogens with one attached hydrogen (secondary N) is 2. The van der Waals surface area contributed by atoms with Crippen molar-refractivity contribution in [3.63, 3.8) is 0 Å². The van der Waals surface area contributed by atoms with Crippen molar-refractivity contribution in [3.05, 3.63) is 107 Å². The van der Waals surface area contributed by atoms with Gasteiger partial charge in [0.05, 0.1) is 65.8 Å². The van der Waals surface area contributed by atoms with Gasteiger partial charge in [-0.25, -0.2) is 4.79 Å². The Bertz CT molecular complexity index is 2200. The lowest BCUT2D eigenvalue weighted by atomic mass is 9.85. The minimum Gasteiger partial charge on any atom is -0.497 e. The molecule has 58 heavy (non-hydrogen) atoms. The van der Waals surface area contributed by atoms with Gasteiger partial charge in [-0.05, 0) is 66.3 Å². The molecule has 5 rings (SSSR count). The summed E-state index contributed by atoms with van der Waals surface area (Å²) in [4.78, 5) is 18.2. The Labute approximate surface area is 341 Å². The first-order chi connectivity index (χ1) is 27.8. The van der Waals surface area contributed by atoms with Crippen LogP contribution in [-0.4, -0.2) is 85.3 Å². The number of aromatic nitrogens is 1. The number of benzene rings is 4. The molecule has 0 bridgehead atoms. The number of urea groups is 1. The number of pyridine rings is 1. The second-order valence-electron chi connectivity index (χ2n) is 15.3. The Balaban J connectivity index is 1.28. The number of carbonyl (C=O) groups excluding carboxylic acids is 1. The average molecular weight is 814 g/mol. The van der Waals surface area contributed by atoms with Crippen LogP contribution in [0.3, 0.4) is 0 Å². The summed E-state index contributed by atoms with van der Waals surface area (Å²) in [6.07, 6.45) is 2.58. The van der Waals surface area contributed by atoms with Gasteiger partial charge < -0.3 is 48.4 Å². The Morgan fingerprint density at radius 2 is 1.41 bits per heavy atom. The lowest BCUT2D eigenvalue weighted by molar-refractivity contribution is 0.0179. The maximum atomic E-state index is 13.6. The third kappa shape index (κ3) is 12.9. The fraction of sp³-hybridized carbons (Fsp3) is 0.378. The molecule has 13 heteroatoms. The zero-order valence-electron chi connectivity index (χ0n) is 34.8. The smallest absolute Gasteiger partial charge is 0.323 e. The summed E-state index contributed by atoms with van der Waals surface area (Å²) in [5.41, 5.74) is 4.43. The van der Waals surface area contributed by atoms with Crippen LogP contribution in [0.15, 0.2) is 85.1 Å². The van der Waals surface area contributed by atoms with Crippen LogP contribution in [0, 0.1) is 0 Å². The molecule has 5 aromatic rings. The molecule has 0 aliphatic heterocycles. The molecule has 0 fully saturated rings. The van der Waals surface area contributed by atoms with Crippen molar-refractivity contribution in [2.45, 2.75) is 38.8 Å². The van der Waals surface area contributed by atoms with Crippen molar-refractivity contribution in [1.29, 1.82) is 0 Å². The van der Waals surface area contributed by atoms with Gasteiger partial charge in [0.15, 0.2) is 0 Å². The fourth-order valence-corrected chi connectivity index (χ4v) is 7.35. The second kappa shape index (κ2) is 20.5. The summed E-state index contributed by atoms with van der Waals surface area (Å²) in [5, 5.41) is 7.62. The van der Waals surface area contributed by atoms with Crippen molar-refractivity contribution in [2.24, 2.45) is 0 Å². The molecule has 0 saturated carbocycles. The van der Waals surface area contributed by atoms with Crippen LogP contribution < -0.4 is 29.6 Å². The molecule has 310 valence electrons. The Morgan fingerprint density at radius 3 is 2.10 bits per heavy atom. The van der Waals surface area contributed by atoms with Crippen LogP contribution in [0.5, 0.6) is 28.7 Å². The van der Waals surface area contributed by atoms with Gasteiger partial charge in [0.25, 0.3) is 0 Å². The van der Waals surface area contributed by atoms with E-state index >= 15 is 0 Å². The number of amides is 2. The van der Waals surface area contributed by atoms with Crippen molar-refractivity contribution in [3.8, 4) is 28.7 Å². The molecular weight excluding hydrogens is 757 g/mol.